The highest BCUT2D eigenvalue weighted by molar-refractivity contribution is 5.94. The van der Waals surface area contributed by atoms with E-state index in [2.05, 4.69) is 15.1 Å². The van der Waals surface area contributed by atoms with Crippen LogP contribution in [0.1, 0.15) is 43.3 Å². The zero-order chi connectivity index (χ0) is 23.3. The van der Waals surface area contributed by atoms with E-state index in [4.69, 9.17) is 10.2 Å². The van der Waals surface area contributed by atoms with Gasteiger partial charge in [-0.1, -0.05) is 24.3 Å². The van der Waals surface area contributed by atoms with Crippen LogP contribution in [0.2, 0.25) is 0 Å². The van der Waals surface area contributed by atoms with Crippen LogP contribution in [0.3, 0.4) is 0 Å². The van der Waals surface area contributed by atoms with Crippen LogP contribution >= 0.6 is 0 Å². The summed E-state index contributed by atoms with van der Waals surface area (Å²) in [5, 5.41) is 6.68. The summed E-state index contributed by atoms with van der Waals surface area (Å²) in [6.07, 6.45) is 4.10. The molecule has 1 unspecified atom stereocenters. The van der Waals surface area contributed by atoms with Crippen LogP contribution in [0.4, 0.5) is 5.82 Å². The summed E-state index contributed by atoms with van der Waals surface area (Å²) in [5.41, 5.74) is 8.85. The van der Waals surface area contributed by atoms with Crippen molar-refractivity contribution in [2.24, 2.45) is 0 Å². The Kier molecular flexibility index (Phi) is 4.96. The second-order valence-corrected chi connectivity index (χ2v) is 8.28. The molecule has 0 aliphatic carbocycles. The fraction of sp³-hybridized carbons (Fsp3) is 0.292. The predicted octanol–water partition coefficient (Wildman–Crippen LogP) is 3.07. The van der Waals surface area contributed by atoms with Gasteiger partial charge >= 0.3 is 5.63 Å². The number of rotatable bonds is 3. The van der Waals surface area contributed by atoms with Gasteiger partial charge in [0.2, 0.25) is 5.91 Å². The maximum absolute atomic E-state index is 12.9. The number of carbonyl (C=O) groups is 1. The Labute approximate surface area is 189 Å². The first-order valence-electron chi connectivity index (χ1n) is 10.8. The van der Waals surface area contributed by atoms with Crippen molar-refractivity contribution in [3.05, 3.63) is 64.1 Å². The monoisotopic (exact) mass is 444 g/mol. The van der Waals surface area contributed by atoms with Crippen molar-refractivity contribution in [3.8, 4) is 0 Å². The Hall–Kier alpha value is -4.01. The minimum absolute atomic E-state index is 0.0408. The molecule has 9 nitrogen and oxygen atoms in total. The number of benzene rings is 1. The number of aryl methyl sites for hydroxylation is 1. The van der Waals surface area contributed by atoms with Gasteiger partial charge in [-0.15, -0.1) is 0 Å². The summed E-state index contributed by atoms with van der Waals surface area (Å²) in [6, 6.07) is 7.00. The lowest BCUT2D eigenvalue weighted by atomic mass is 9.92. The molecule has 1 aliphatic heterocycles. The molecule has 1 amide bonds. The number of fused-ring (bicyclic) bond motifs is 2. The minimum Gasteiger partial charge on any atom is -0.424 e. The van der Waals surface area contributed by atoms with E-state index in [0.717, 1.165) is 16.5 Å². The summed E-state index contributed by atoms with van der Waals surface area (Å²) < 4.78 is 7.67. The fourth-order valence-corrected chi connectivity index (χ4v) is 4.58. The Bertz CT molecular complexity index is 1500. The fourth-order valence-electron chi connectivity index (χ4n) is 4.58. The second-order valence-electron chi connectivity index (χ2n) is 8.28. The van der Waals surface area contributed by atoms with E-state index >= 15 is 0 Å². The smallest absolute Gasteiger partial charge is 0.343 e. The van der Waals surface area contributed by atoms with Crippen molar-refractivity contribution in [3.63, 3.8) is 0 Å². The lowest BCUT2D eigenvalue weighted by molar-refractivity contribution is -0.128. The van der Waals surface area contributed by atoms with Gasteiger partial charge in [-0.25, -0.2) is 19.4 Å². The van der Waals surface area contributed by atoms with Gasteiger partial charge in [0.05, 0.1) is 16.5 Å². The van der Waals surface area contributed by atoms with Gasteiger partial charge in [-0.2, -0.15) is 5.10 Å². The zero-order valence-corrected chi connectivity index (χ0v) is 18.7. The third-order valence-electron chi connectivity index (χ3n) is 6.28. The quantitative estimate of drug-likeness (QED) is 0.515. The van der Waals surface area contributed by atoms with Crippen LogP contribution < -0.4 is 11.4 Å². The van der Waals surface area contributed by atoms with Crippen LogP contribution in [-0.2, 0) is 4.79 Å². The number of nitrogens with two attached hydrogens (primary N) is 1. The molecule has 0 radical (unpaired) electrons. The van der Waals surface area contributed by atoms with E-state index in [1.807, 2.05) is 38.1 Å². The van der Waals surface area contributed by atoms with Gasteiger partial charge in [-0.3, -0.25) is 4.79 Å². The number of anilines is 1. The lowest BCUT2D eigenvalue weighted by Crippen LogP contribution is -2.32. The normalized spacial score (nSPS) is 15.1. The Morgan fingerprint density at radius 2 is 1.97 bits per heavy atom. The maximum Gasteiger partial charge on any atom is 0.343 e. The average molecular weight is 444 g/mol. The van der Waals surface area contributed by atoms with E-state index in [0.29, 0.717) is 53.2 Å². The van der Waals surface area contributed by atoms with Crippen molar-refractivity contribution in [2.45, 2.75) is 33.2 Å². The summed E-state index contributed by atoms with van der Waals surface area (Å²) in [7, 11) is 0. The Balaban J connectivity index is 1.74. The van der Waals surface area contributed by atoms with Crippen molar-refractivity contribution >= 4 is 39.1 Å². The molecule has 0 spiro atoms. The first kappa shape index (κ1) is 20.9. The molecule has 0 fully saturated rings. The second kappa shape index (κ2) is 7.84. The van der Waals surface area contributed by atoms with Gasteiger partial charge in [0.15, 0.2) is 5.65 Å². The van der Waals surface area contributed by atoms with Crippen molar-refractivity contribution < 1.29 is 9.21 Å². The molecule has 2 N–H and O–H groups in total. The van der Waals surface area contributed by atoms with Crippen LogP contribution in [0, 0.1) is 6.92 Å². The van der Waals surface area contributed by atoms with Gasteiger partial charge in [-0.05, 0) is 37.3 Å². The number of nitrogen functional groups attached to an aromatic ring is 1. The summed E-state index contributed by atoms with van der Waals surface area (Å²) in [5.74, 6) is 0.900. The van der Waals surface area contributed by atoms with Gasteiger partial charge in [0.25, 0.3) is 0 Å². The number of carbonyl (C=O) groups excluding carboxylic acids is 1. The molecular weight excluding hydrogens is 420 g/mol. The lowest BCUT2D eigenvalue weighted by Gasteiger charge is -2.27. The molecule has 0 saturated heterocycles. The van der Waals surface area contributed by atoms with Crippen molar-refractivity contribution in [2.75, 3.05) is 18.8 Å². The van der Waals surface area contributed by atoms with E-state index in [1.165, 1.54) is 6.33 Å². The summed E-state index contributed by atoms with van der Waals surface area (Å²) in [6.45, 7) is 6.46. The van der Waals surface area contributed by atoms with Crippen LogP contribution in [0.25, 0.3) is 27.4 Å². The molecule has 0 bridgehead atoms. The Morgan fingerprint density at radius 1 is 1.21 bits per heavy atom. The topological polar surface area (TPSA) is 120 Å². The number of hydrogen-bond donors (Lipinski definition) is 1. The minimum atomic E-state index is -0.436. The summed E-state index contributed by atoms with van der Waals surface area (Å²) in [4.78, 5) is 35.0. The van der Waals surface area contributed by atoms with Gasteiger partial charge in [0, 0.05) is 25.6 Å². The molecule has 5 rings (SSSR count). The molecule has 9 heteroatoms. The summed E-state index contributed by atoms with van der Waals surface area (Å²) >= 11 is 0. The highest BCUT2D eigenvalue weighted by Gasteiger charge is 2.27. The van der Waals surface area contributed by atoms with Gasteiger partial charge in [0.1, 0.15) is 23.9 Å². The van der Waals surface area contributed by atoms with Crippen molar-refractivity contribution in [1.82, 2.24) is 24.6 Å². The van der Waals surface area contributed by atoms with Crippen molar-refractivity contribution in [1.29, 1.82) is 0 Å². The molecule has 1 aliphatic rings. The SMILES string of the molecule is CC(=O)N1CC=C(c2c(C(C)n3nc(C)c4c(N)ncnc43)oc(=O)c3ccccc23)CC1. The number of amides is 1. The average Bonchev–Trinajstić information content (AvgIpc) is 3.16. The first-order valence-corrected chi connectivity index (χ1v) is 10.8. The molecule has 1 aromatic carbocycles. The largest absolute Gasteiger partial charge is 0.424 e. The third-order valence-corrected chi connectivity index (χ3v) is 6.28. The predicted molar refractivity (Wildman–Crippen MR) is 126 cm³/mol. The molecule has 33 heavy (non-hydrogen) atoms. The van der Waals surface area contributed by atoms with Gasteiger partial charge < -0.3 is 15.1 Å². The molecule has 4 aromatic rings. The highest BCUT2D eigenvalue weighted by Crippen LogP contribution is 2.36. The maximum atomic E-state index is 12.9. The van der Waals surface area contributed by atoms with E-state index < -0.39 is 11.7 Å². The molecule has 3 aromatic heterocycles. The highest BCUT2D eigenvalue weighted by atomic mass is 16.4. The molecule has 0 saturated carbocycles. The number of nitrogens with zero attached hydrogens (tertiary/aromatic N) is 5. The van der Waals surface area contributed by atoms with E-state index in [1.54, 1.807) is 22.6 Å². The van der Waals surface area contributed by atoms with Crippen LogP contribution in [0.15, 0.2) is 45.9 Å². The molecule has 1 atom stereocenters. The number of aromatic nitrogens is 4. The zero-order valence-electron chi connectivity index (χ0n) is 18.7. The molecular formula is C24H24N6O3. The van der Waals surface area contributed by atoms with Crippen LogP contribution in [-0.4, -0.2) is 43.6 Å². The molecule has 4 heterocycles. The Morgan fingerprint density at radius 3 is 2.67 bits per heavy atom. The van der Waals surface area contributed by atoms with E-state index in [9.17, 15) is 9.59 Å². The first-order chi connectivity index (χ1) is 15.9. The standard InChI is InChI=1S/C24H24N6O3/c1-13-19-22(25)26-12-27-23(19)30(28-13)14(2)21-20(16-8-10-29(11-9-16)15(3)31)17-6-4-5-7-18(17)24(32)33-21/h4-8,12,14H,9-11H2,1-3H3,(H2,25,26,27). The third kappa shape index (κ3) is 3.36. The molecule has 168 valence electrons. The van der Waals surface area contributed by atoms with Crippen LogP contribution in [0.5, 0.6) is 0 Å². The number of hydrogen-bond acceptors (Lipinski definition) is 7. The van der Waals surface area contributed by atoms with E-state index in [-0.39, 0.29) is 5.91 Å².